The summed E-state index contributed by atoms with van der Waals surface area (Å²) in [5.74, 6) is -3.34. The van der Waals surface area contributed by atoms with E-state index in [-0.39, 0.29) is 31.1 Å². The third-order valence-electron chi connectivity index (χ3n) is 2.80. The van der Waals surface area contributed by atoms with Gasteiger partial charge in [-0.25, -0.2) is 8.78 Å². The van der Waals surface area contributed by atoms with Crippen LogP contribution in [-0.4, -0.2) is 12.6 Å². The summed E-state index contributed by atoms with van der Waals surface area (Å²) in [6, 6.07) is 0.574. The van der Waals surface area contributed by atoms with Crippen LogP contribution >= 0.6 is 0 Å². The van der Waals surface area contributed by atoms with Gasteiger partial charge in [-0.3, -0.25) is 4.79 Å². The molecule has 0 N–H and O–H groups in total. The predicted molar refractivity (Wildman–Crippen MR) is 65.5 cm³/mol. The highest BCUT2D eigenvalue weighted by Crippen LogP contribution is 2.32. The summed E-state index contributed by atoms with van der Waals surface area (Å²) in [6.45, 7) is 2.15. The maximum Gasteiger partial charge on any atom is 0.419 e. The molecule has 2 nitrogen and oxygen atoms in total. The molecule has 0 unspecified atom stereocenters. The van der Waals surface area contributed by atoms with Crippen LogP contribution in [-0.2, 0) is 22.1 Å². The van der Waals surface area contributed by atoms with E-state index in [1.54, 1.807) is 0 Å². The normalized spacial score (nSPS) is 11.5. The molecule has 0 aromatic heterocycles. The molecular formula is C14H15F5O2. The zero-order valence-corrected chi connectivity index (χ0v) is 11.4. The summed E-state index contributed by atoms with van der Waals surface area (Å²) >= 11 is 0. The van der Waals surface area contributed by atoms with Gasteiger partial charge in [0.15, 0.2) is 0 Å². The molecule has 0 heterocycles. The Balaban J connectivity index is 2.69. The Kier molecular flexibility index (Phi) is 6.11. The number of alkyl halides is 3. The van der Waals surface area contributed by atoms with Crippen molar-refractivity contribution >= 4 is 5.97 Å². The predicted octanol–water partition coefficient (Wildman–Crippen LogP) is 4.26. The van der Waals surface area contributed by atoms with Crippen LogP contribution in [0.5, 0.6) is 0 Å². The maximum atomic E-state index is 13.5. The zero-order valence-electron chi connectivity index (χ0n) is 11.4. The van der Waals surface area contributed by atoms with Crippen molar-refractivity contribution in [2.75, 3.05) is 6.61 Å². The van der Waals surface area contributed by atoms with Gasteiger partial charge in [-0.05, 0) is 30.5 Å². The van der Waals surface area contributed by atoms with Crippen molar-refractivity contribution < 1.29 is 31.5 Å². The van der Waals surface area contributed by atoms with Crippen molar-refractivity contribution in [3.05, 3.63) is 34.9 Å². The average Bonchev–Trinajstić information content (AvgIpc) is 2.38. The second-order valence-electron chi connectivity index (χ2n) is 4.50. The lowest BCUT2D eigenvalue weighted by Crippen LogP contribution is -2.11. The highest BCUT2D eigenvalue weighted by atomic mass is 19.4. The van der Waals surface area contributed by atoms with E-state index in [4.69, 9.17) is 4.74 Å². The molecular weight excluding hydrogens is 295 g/mol. The molecule has 21 heavy (non-hydrogen) atoms. The number of rotatable bonds is 6. The van der Waals surface area contributed by atoms with Gasteiger partial charge in [0.25, 0.3) is 0 Å². The average molecular weight is 310 g/mol. The van der Waals surface area contributed by atoms with E-state index in [9.17, 15) is 26.7 Å². The number of esters is 1. The van der Waals surface area contributed by atoms with E-state index < -0.39 is 29.3 Å². The van der Waals surface area contributed by atoms with Gasteiger partial charge in [0, 0.05) is 6.42 Å². The largest absolute Gasteiger partial charge is 0.466 e. The monoisotopic (exact) mass is 310 g/mol. The molecule has 1 aromatic carbocycles. The highest BCUT2D eigenvalue weighted by Gasteiger charge is 2.35. The van der Waals surface area contributed by atoms with Crippen molar-refractivity contribution in [1.82, 2.24) is 0 Å². The van der Waals surface area contributed by atoms with Crippen molar-refractivity contribution in [3.63, 3.8) is 0 Å². The van der Waals surface area contributed by atoms with Crippen LogP contribution in [0.1, 0.15) is 37.3 Å². The molecule has 118 valence electrons. The summed E-state index contributed by atoms with van der Waals surface area (Å²) in [6.07, 6.45) is -3.86. The van der Waals surface area contributed by atoms with Crippen molar-refractivity contribution in [2.24, 2.45) is 0 Å². The molecule has 1 aromatic rings. The number of benzene rings is 1. The second kappa shape index (κ2) is 7.38. The molecule has 0 fully saturated rings. The lowest BCUT2D eigenvalue weighted by Gasteiger charge is -2.10. The SMILES string of the molecule is CCCCOC(=O)CCc1cc(F)c(C(F)(F)F)cc1F. The molecule has 0 aliphatic carbocycles. The molecule has 0 spiro atoms. The molecule has 0 atom stereocenters. The molecule has 1 rings (SSSR count). The Morgan fingerprint density at radius 3 is 2.43 bits per heavy atom. The number of unbranched alkanes of at least 4 members (excludes halogenated alkanes) is 1. The van der Waals surface area contributed by atoms with Crippen LogP contribution < -0.4 is 0 Å². The van der Waals surface area contributed by atoms with Crippen LogP contribution in [0.4, 0.5) is 22.0 Å². The number of carbonyl (C=O) groups is 1. The third-order valence-corrected chi connectivity index (χ3v) is 2.80. The van der Waals surface area contributed by atoms with Gasteiger partial charge < -0.3 is 4.74 Å². The van der Waals surface area contributed by atoms with E-state index in [0.717, 1.165) is 6.42 Å². The highest BCUT2D eigenvalue weighted by molar-refractivity contribution is 5.69. The van der Waals surface area contributed by atoms with Crippen molar-refractivity contribution in [2.45, 2.75) is 38.8 Å². The summed E-state index contributed by atoms with van der Waals surface area (Å²) in [5.41, 5.74) is -1.94. The number of halogens is 5. The zero-order chi connectivity index (χ0) is 16.0. The minimum Gasteiger partial charge on any atom is -0.466 e. The molecule has 7 heteroatoms. The fourth-order valence-corrected chi connectivity index (χ4v) is 1.64. The van der Waals surface area contributed by atoms with Crippen molar-refractivity contribution in [3.8, 4) is 0 Å². The van der Waals surface area contributed by atoms with Gasteiger partial charge in [0.1, 0.15) is 11.6 Å². The number of hydrogen-bond donors (Lipinski definition) is 0. The Labute approximate surface area is 118 Å². The van der Waals surface area contributed by atoms with E-state index in [2.05, 4.69) is 0 Å². The van der Waals surface area contributed by atoms with Crippen LogP contribution in [0, 0.1) is 11.6 Å². The summed E-state index contributed by atoms with van der Waals surface area (Å²) in [4.78, 5) is 11.3. The number of aryl methyl sites for hydroxylation is 1. The van der Waals surface area contributed by atoms with Gasteiger partial charge in [-0.1, -0.05) is 13.3 Å². The van der Waals surface area contributed by atoms with E-state index in [1.165, 1.54) is 0 Å². The minimum atomic E-state index is -4.96. The van der Waals surface area contributed by atoms with Gasteiger partial charge >= 0.3 is 12.1 Å². The quantitative estimate of drug-likeness (QED) is 0.446. The first kappa shape index (κ1) is 17.4. The maximum absolute atomic E-state index is 13.5. The summed E-state index contributed by atoms with van der Waals surface area (Å²) < 4.78 is 68.7. The van der Waals surface area contributed by atoms with Crippen LogP contribution in [0.3, 0.4) is 0 Å². The van der Waals surface area contributed by atoms with E-state index in [0.29, 0.717) is 12.5 Å². The Morgan fingerprint density at radius 1 is 1.19 bits per heavy atom. The first-order valence-corrected chi connectivity index (χ1v) is 6.46. The van der Waals surface area contributed by atoms with Crippen LogP contribution in [0.15, 0.2) is 12.1 Å². The lowest BCUT2D eigenvalue weighted by molar-refractivity contribution is -0.144. The first-order chi connectivity index (χ1) is 9.75. The van der Waals surface area contributed by atoms with Crippen LogP contribution in [0.2, 0.25) is 0 Å². The Morgan fingerprint density at radius 2 is 1.86 bits per heavy atom. The Bertz CT molecular complexity index is 497. The third kappa shape index (κ3) is 5.32. The molecule has 0 radical (unpaired) electrons. The van der Waals surface area contributed by atoms with Gasteiger partial charge in [-0.15, -0.1) is 0 Å². The smallest absolute Gasteiger partial charge is 0.419 e. The van der Waals surface area contributed by atoms with Gasteiger partial charge in [0.2, 0.25) is 0 Å². The second-order valence-corrected chi connectivity index (χ2v) is 4.50. The van der Waals surface area contributed by atoms with E-state index >= 15 is 0 Å². The molecule has 0 aliphatic rings. The standard InChI is InChI=1S/C14H15F5O2/c1-2-3-6-21-13(20)5-4-9-7-12(16)10(8-11(9)15)14(17,18)19/h7-8H,2-6H2,1H3. The van der Waals surface area contributed by atoms with E-state index in [1.807, 2.05) is 6.92 Å². The lowest BCUT2D eigenvalue weighted by atomic mass is 10.1. The first-order valence-electron chi connectivity index (χ1n) is 6.46. The van der Waals surface area contributed by atoms with Gasteiger partial charge in [0.05, 0.1) is 12.2 Å². The summed E-state index contributed by atoms with van der Waals surface area (Å²) in [5, 5.41) is 0. The molecule has 0 saturated heterocycles. The van der Waals surface area contributed by atoms with Crippen LogP contribution in [0.25, 0.3) is 0 Å². The molecule has 0 saturated carbocycles. The summed E-state index contributed by atoms with van der Waals surface area (Å²) in [7, 11) is 0. The Hall–Kier alpha value is -1.66. The minimum absolute atomic E-state index is 0.104. The number of ether oxygens (including phenoxy) is 1. The number of carbonyl (C=O) groups excluding carboxylic acids is 1. The molecule has 0 aliphatic heterocycles. The molecule has 0 amide bonds. The fraction of sp³-hybridized carbons (Fsp3) is 0.500. The molecule has 0 bridgehead atoms. The van der Waals surface area contributed by atoms with Gasteiger partial charge in [-0.2, -0.15) is 13.2 Å². The number of hydrogen-bond acceptors (Lipinski definition) is 2. The topological polar surface area (TPSA) is 26.3 Å². The fourth-order valence-electron chi connectivity index (χ4n) is 1.64. The van der Waals surface area contributed by atoms with Crippen molar-refractivity contribution in [1.29, 1.82) is 0 Å².